The van der Waals surface area contributed by atoms with E-state index in [1.54, 1.807) is 24.3 Å². The first-order valence-corrected chi connectivity index (χ1v) is 10.5. The summed E-state index contributed by atoms with van der Waals surface area (Å²) < 4.78 is 2.90. The Bertz CT molecular complexity index is 1180. The summed E-state index contributed by atoms with van der Waals surface area (Å²) in [5, 5.41) is 13.3. The van der Waals surface area contributed by atoms with E-state index in [1.165, 1.54) is 0 Å². The standard InChI is InChI=1S/C22H16Cl2IN3O/c1-13-9-15(14(2)28(13)17-7-8-18(23)19(24)11-17)10-16(12-26)22(29)27-21-6-4-3-5-20(21)25/h3-11H,1-2H3,(H,27,29). The lowest BCUT2D eigenvalue weighted by Crippen LogP contribution is -2.14. The molecule has 4 nitrogen and oxygen atoms in total. The second kappa shape index (κ2) is 9.04. The summed E-state index contributed by atoms with van der Waals surface area (Å²) in [6, 6.07) is 16.7. The number of aromatic nitrogens is 1. The minimum atomic E-state index is -0.448. The number of aryl methyl sites for hydroxylation is 1. The molecule has 0 saturated heterocycles. The Hall–Kier alpha value is -2.27. The van der Waals surface area contributed by atoms with Gasteiger partial charge in [0.05, 0.1) is 15.7 Å². The zero-order chi connectivity index (χ0) is 21.1. The van der Waals surface area contributed by atoms with Crippen molar-refractivity contribution in [3.8, 4) is 11.8 Å². The molecule has 3 rings (SSSR count). The molecule has 0 radical (unpaired) electrons. The highest BCUT2D eigenvalue weighted by Gasteiger charge is 2.15. The average Bonchev–Trinajstić information content (AvgIpc) is 2.97. The maximum absolute atomic E-state index is 12.6. The maximum Gasteiger partial charge on any atom is 0.266 e. The number of amides is 1. The molecule has 0 saturated carbocycles. The number of nitrogens with one attached hydrogen (secondary N) is 1. The third kappa shape index (κ3) is 4.67. The first kappa shape index (κ1) is 21.4. The molecule has 146 valence electrons. The number of rotatable bonds is 4. The smallest absolute Gasteiger partial charge is 0.266 e. The third-order valence-corrected chi connectivity index (χ3v) is 6.10. The summed E-state index contributed by atoms with van der Waals surface area (Å²) in [5.41, 5.74) is 4.16. The second-order valence-electron chi connectivity index (χ2n) is 6.36. The number of halogens is 3. The van der Waals surface area contributed by atoms with E-state index in [-0.39, 0.29) is 5.57 Å². The van der Waals surface area contributed by atoms with E-state index in [1.807, 2.05) is 54.8 Å². The van der Waals surface area contributed by atoms with Crippen LogP contribution >= 0.6 is 45.8 Å². The zero-order valence-electron chi connectivity index (χ0n) is 15.6. The van der Waals surface area contributed by atoms with Crippen LogP contribution in [0, 0.1) is 28.7 Å². The molecular weight excluding hydrogens is 520 g/mol. The minimum absolute atomic E-state index is 0.0269. The first-order chi connectivity index (χ1) is 13.8. The van der Waals surface area contributed by atoms with E-state index < -0.39 is 5.91 Å². The highest BCUT2D eigenvalue weighted by atomic mass is 127. The van der Waals surface area contributed by atoms with E-state index in [0.29, 0.717) is 15.7 Å². The number of carbonyl (C=O) groups is 1. The molecule has 0 aliphatic rings. The summed E-state index contributed by atoms with van der Waals surface area (Å²) in [5.74, 6) is -0.448. The molecule has 1 N–H and O–H groups in total. The summed E-state index contributed by atoms with van der Waals surface area (Å²) in [6.07, 6.45) is 1.60. The van der Waals surface area contributed by atoms with Crippen molar-refractivity contribution in [1.29, 1.82) is 5.26 Å². The maximum atomic E-state index is 12.6. The van der Waals surface area contributed by atoms with Gasteiger partial charge in [0.25, 0.3) is 5.91 Å². The molecular formula is C22H16Cl2IN3O. The molecule has 0 spiro atoms. The van der Waals surface area contributed by atoms with Crippen LogP contribution < -0.4 is 5.32 Å². The van der Waals surface area contributed by atoms with Gasteiger partial charge in [0, 0.05) is 20.6 Å². The van der Waals surface area contributed by atoms with Crippen LogP contribution in [0.2, 0.25) is 10.0 Å². The van der Waals surface area contributed by atoms with Gasteiger partial charge in [-0.25, -0.2) is 0 Å². The SMILES string of the molecule is Cc1cc(C=C(C#N)C(=O)Nc2ccccc2I)c(C)n1-c1ccc(Cl)c(Cl)c1. The largest absolute Gasteiger partial charge is 0.320 e. The quantitative estimate of drug-likeness (QED) is 0.234. The molecule has 1 aromatic heterocycles. The van der Waals surface area contributed by atoms with Gasteiger partial charge in [0.1, 0.15) is 11.6 Å². The van der Waals surface area contributed by atoms with Crippen molar-refractivity contribution in [3.05, 3.63) is 84.7 Å². The van der Waals surface area contributed by atoms with Crippen LogP contribution in [0.1, 0.15) is 17.0 Å². The number of hydrogen-bond acceptors (Lipinski definition) is 2. The van der Waals surface area contributed by atoms with Crippen molar-refractivity contribution in [2.75, 3.05) is 5.32 Å². The lowest BCUT2D eigenvalue weighted by Gasteiger charge is -2.11. The predicted molar refractivity (Wildman–Crippen MR) is 127 cm³/mol. The fourth-order valence-electron chi connectivity index (χ4n) is 3.01. The minimum Gasteiger partial charge on any atom is -0.320 e. The number of benzene rings is 2. The highest BCUT2D eigenvalue weighted by molar-refractivity contribution is 14.1. The van der Waals surface area contributed by atoms with Crippen LogP contribution in [0.3, 0.4) is 0 Å². The zero-order valence-corrected chi connectivity index (χ0v) is 19.3. The Morgan fingerprint density at radius 1 is 1.14 bits per heavy atom. The van der Waals surface area contributed by atoms with Crippen molar-refractivity contribution in [2.24, 2.45) is 0 Å². The van der Waals surface area contributed by atoms with Gasteiger partial charge in [-0.15, -0.1) is 0 Å². The lowest BCUT2D eigenvalue weighted by atomic mass is 10.1. The number of anilines is 1. The molecule has 0 atom stereocenters. The van der Waals surface area contributed by atoms with Crippen molar-refractivity contribution < 1.29 is 4.79 Å². The van der Waals surface area contributed by atoms with Crippen LogP contribution in [0.5, 0.6) is 0 Å². The van der Waals surface area contributed by atoms with Crippen molar-refractivity contribution in [2.45, 2.75) is 13.8 Å². The topological polar surface area (TPSA) is 57.8 Å². The fraction of sp³-hybridized carbons (Fsp3) is 0.0909. The molecule has 3 aromatic rings. The molecule has 29 heavy (non-hydrogen) atoms. The lowest BCUT2D eigenvalue weighted by molar-refractivity contribution is -0.112. The molecule has 0 bridgehead atoms. The van der Waals surface area contributed by atoms with Gasteiger partial charge in [0.2, 0.25) is 0 Å². The number of carbonyl (C=O) groups excluding carboxylic acids is 1. The summed E-state index contributed by atoms with van der Waals surface area (Å²) in [6.45, 7) is 3.87. The first-order valence-electron chi connectivity index (χ1n) is 8.64. The molecule has 0 aliphatic heterocycles. The van der Waals surface area contributed by atoms with Crippen LogP contribution in [0.25, 0.3) is 11.8 Å². The molecule has 0 aliphatic carbocycles. The van der Waals surface area contributed by atoms with Gasteiger partial charge in [-0.3, -0.25) is 4.79 Å². The highest BCUT2D eigenvalue weighted by Crippen LogP contribution is 2.28. The van der Waals surface area contributed by atoms with Gasteiger partial charge in [0.15, 0.2) is 0 Å². The van der Waals surface area contributed by atoms with Gasteiger partial charge >= 0.3 is 0 Å². The fourth-order valence-corrected chi connectivity index (χ4v) is 3.83. The molecule has 7 heteroatoms. The van der Waals surface area contributed by atoms with Crippen molar-refractivity contribution in [1.82, 2.24) is 4.57 Å². The van der Waals surface area contributed by atoms with E-state index in [0.717, 1.165) is 26.2 Å². The van der Waals surface area contributed by atoms with E-state index >= 15 is 0 Å². The predicted octanol–water partition coefficient (Wildman–Crippen LogP) is 6.55. The third-order valence-electron chi connectivity index (χ3n) is 4.42. The average molecular weight is 536 g/mol. The summed E-state index contributed by atoms with van der Waals surface area (Å²) in [7, 11) is 0. The number of nitriles is 1. The van der Waals surface area contributed by atoms with Gasteiger partial charge in [-0.2, -0.15) is 5.26 Å². The molecule has 0 unspecified atom stereocenters. The number of nitrogens with zero attached hydrogens (tertiary/aromatic N) is 2. The Balaban J connectivity index is 1.96. The second-order valence-corrected chi connectivity index (χ2v) is 8.34. The Morgan fingerprint density at radius 2 is 1.86 bits per heavy atom. The Morgan fingerprint density at radius 3 is 2.52 bits per heavy atom. The normalized spacial score (nSPS) is 11.2. The van der Waals surface area contributed by atoms with Gasteiger partial charge < -0.3 is 9.88 Å². The monoisotopic (exact) mass is 535 g/mol. The Labute approximate surface area is 192 Å². The number of hydrogen-bond donors (Lipinski definition) is 1. The van der Waals surface area contributed by atoms with Crippen molar-refractivity contribution >= 4 is 63.5 Å². The summed E-state index contributed by atoms with van der Waals surface area (Å²) in [4.78, 5) is 12.6. The van der Waals surface area contributed by atoms with Crippen LogP contribution in [0.4, 0.5) is 5.69 Å². The van der Waals surface area contributed by atoms with Crippen LogP contribution in [-0.4, -0.2) is 10.5 Å². The molecule has 1 amide bonds. The van der Waals surface area contributed by atoms with E-state index in [2.05, 4.69) is 27.9 Å². The van der Waals surface area contributed by atoms with Gasteiger partial charge in [-0.1, -0.05) is 35.3 Å². The summed E-state index contributed by atoms with van der Waals surface area (Å²) >= 11 is 14.3. The molecule has 1 heterocycles. The van der Waals surface area contributed by atoms with Crippen LogP contribution in [-0.2, 0) is 4.79 Å². The van der Waals surface area contributed by atoms with Gasteiger partial charge in [-0.05, 0) is 84.5 Å². The van der Waals surface area contributed by atoms with Crippen molar-refractivity contribution in [3.63, 3.8) is 0 Å². The Kier molecular flexibility index (Phi) is 6.68. The van der Waals surface area contributed by atoms with E-state index in [9.17, 15) is 10.1 Å². The molecule has 2 aromatic carbocycles. The molecule has 0 fully saturated rings. The number of para-hydroxylation sites is 1. The van der Waals surface area contributed by atoms with Crippen LogP contribution in [0.15, 0.2) is 54.1 Å². The van der Waals surface area contributed by atoms with E-state index in [4.69, 9.17) is 23.2 Å².